The first kappa shape index (κ1) is 28.5. The number of carbonyl (C=O) groups excluding carboxylic acids is 2. The van der Waals surface area contributed by atoms with E-state index in [1.54, 1.807) is 22.9 Å². The van der Waals surface area contributed by atoms with Crippen molar-refractivity contribution in [2.24, 2.45) is 4.99 Å². The molecule has 0 radical (unpaired) electrons. The first-order chi connectivity index (χ1) is 19.5. The lowest BCUT2D eigenvalue weighted by molar-refractivity contribution is -0.118. The molecule has 2 aromatic heterocycles. The number of hydrogen-bond acceptors (Lipinski definition) is 6. The number of aromatic nitrogens is 3. The van der Waals surface area contributed by atoms with Gasteiger partial charge in [0, 0.05) is 47.8 Å². The number of ketones is 2. The summed E-state index contributed by atoms with van der Waals surface area (Å²) in [6, 6.07) is 16.0. The van der Waals surface area contributed by atoms with E-state index in [1.165, 1.54) is 12.3 Å². The van der Waals surface area contributed by atoms with E-state index in [2.05, 4.69) is 46.7 Å². The van der Waals surface area contributed by atoms with Gasteiger partial charge >= 0.3 is 0 Å². The summed E-state index contributed by atoms with van der Waals surface area (Å²) in [6.45, 7) is 8.25. The summed E-state index contributed by atoms with van der Waals surface area (Å²) in [5.74, 6) is 0.264. The third-order valence-electron chi connectivity index (χ3n) is 6.87. The highest BCUT2D eigenvalue weighted by atomic mass is 79.9. The van der Waals surface area contributed by atoms with E-state index in [4.69, 9.17) is 9.84 Å². The standard InChI is InChI=1S/C32H30BrFN4O3/c1-19-5-8-21(9-6-19)38-22(15-30(37-38)32(2,3)4)14-23(39)13-20-7-10-24(16-26(20)34)41-29-11-12-35-31-25(29)17-28(40)27(18-33)36-31/h5-12,15-16H,13-14,17-18H2,1-4H3. The van der Waals surface area contributed by atoms with E-state index in [9.17, 15) is 9.59 Å². The number of rotatable bonds is 8. The van der Waals surface area contributed by atoms with Crippen LogP contribution in [0.1, 0.15) is 48.8 Å². The Morgan fingerprint density at radius 1 is 1.07 bits per heavy atom. The molecule has 0 amide bonds. The van der Waals surface area contributed by atoms with Crippen LogP contribution >= 0.6 is 15.9 Å². The van der Waals surface area contributed by atoms with Crippen molar-refractivity contribution in [3.05, 3.63) is 94.7 Å². The number of halogens is 2. The van der Waals surface area contributed by atoms with E-state index < -0.39 is 5.82 Å². The maximum Gasteiger partial charge on any atom is 0.182 e. The predicted molar refractivity (Wildman–Crippen MR) is 160 cm³/mol. The first-order valence-electron chi connectivity index (χ1n) is 13.3. The van der Waals surface area contributed by atoms with Gasteiger partial charge in [0.25, 0.3) is 0 Å². The van der Waals surface area contributed by atoms with Crippen molar-refractivity contribution in [2.75, 3.05) is 5.33 Å². The molecule has 5 rings (SSSR count). The van der Waals surface area contributed by atoms with Gasteiger partial charge in [-0.15, -0.1) is 0 Å². The van der Waals surface area contributed by atoms with Crippen LogP contribution in [0, 0.1) is 12.7 Å². The first-order valence-corrected chi connectivity index (χ1v) is 14.4. The van der Waals surface area contributed by atoms with Crippen molar-refractivity contribution in [1.29, 1.82) is 0 Å². The quantitative estimate of drug-likeness (QED) is 0.204. The number of nitrogens with zero attached hydrogens (tertiary/aromatic N) is 4. The molecule has 2 aromatic carbocycles. The summed E-state index contributed by atoms with van der Waals surface area (Å²) in [7, 11) is 0. The molecular weight excluding hydrogens is 587 g/mol. The normalized spacial score (nSPS) is 13.1. The van der Waals surface area contributed by atoms with E-state index >= 15 is 4.39 Å². The van der Waals surface area contributed by atoms with Gasteiger partial charge < -0.3 is 4.74 Å². The van der Waals surface area contributed by atoms with Gasteiger partial charge in [-0.05, 0) is 42.8 Å². The fraction of sp³-hybridized carbons (Fsp3) is 0.281. The van der Waals surface area contributed by atoms with Gasteiger partial charge in [0.15, 0.2) is 11.6 Å². The molecule has 41 heavy (non-hydrogen) atoms. The van der Waals surface area contributed by atoms with Gasteiger partial charge in [-0.1, -0.05) is 60.5 Å². The second-order valence-corrected chi connectivity index (χ2v) is 11.7. The molecule has 0 N–H and O–H groups in total. The van der Waals surface area contributed by atoms with E-state index in [1.807, 2.05) is 37.3 Å². The Bertz CT molecular complexity index is 1670. The minimum atomic E-state index is -0.545. The molecule has 9 heteroatoms. The Balaban J connectivity index is 1.33. The van der Waals surface area contributed by atoms with Crippen LogP contribution in [0.4, 0.5) is 10.2 Å². The topological polar surface area (TPSA) is 86.4 Å². The fourth-order valence-corrected chi connectivity index (χ4v) is 4.98. The number of hydrogen-bond donors (Lipinski definition) is 0. The summed E-state index contributed by atoms with van der Waals surface area (Å²) in [5, 5.41) is 5.14. The Kier molecular flexibility index (Phi) is 8.00. The zero-order valence-corrected chi connectivity index (χ0v) is 25.0. The van der Waals surface area contributed by atoms with Gasteiger partial charge in [0.2, 0.25) is 0 Å². The highest BCUT2D eigenvalue weighted by Crippen LogP contribution is 2.34. The maximum absolute atomic E-state index is 15.1. The van der Waals surface area contributed by atoms with E-state index in [-0.39, 0.29) is 47.6 Å². The molecule has 0 spiro atoms. The third-order valence-corrected chi connectivity index (χ3v) is 7.40. The number of alkyl halides is 1. The summed E-state index contributed by atoms with van der Waals surface area (Å²) in [4.78, 5) is 34.0. The average molecular weight is 618 g/mol. The van der Waals surface area contributed by atoms with Crippen molar-refractivity contribution < 1.29 is 18.7 Å². The number of aryl methyl sites for hydroxylation is 1. The number of carbonyl (C=O) groups is 2. The van der Waals surface area contributed by atoms with Crippen LogP contribution in [-0.4, -0.2) is 37.4 Å². The second-order valence-electron chi connectivity index (χ2n) is 11.2. The highest BCUT2D eigenvalue weighted by Gasteiger charge is 2.25. The van der Waals surface area contributed by atoms with Gasteiger partial charge in [-0.3, -0.25) is 9.59 Å². The van der Waals surface area contributed by atoms with E-state index in [0.717, 1.165) is 22.6 Å². The van der Waals surface area contributed by atoms with Gasteiger partial charge in [-0.25, -0.2) is 19.0 Å². The second kappa shape index (κ2) is 11.5. The molecule has 0 fully saturated rings. The van der Waals surface area contributed by atoms with Crippen LogP contribution < -0.4 is 4.74 Å². The lowest BCUT2D eigenvalue weighted by Gasteiger charge is -2.16. The van der Waals surface area contributed by atoms with Gasteiger partial charge in [-0.2, -0.15) is 5.10 Å². The van der Waals surface area contributed by atoms with Crippen LogP contribution in [0.15, 0.2) is 65.8 Å². The number of aliphatic imine (C=N–C) groups is 1. The molecule has 3 heterocycles. The molecule has 0 atom stereocenters. The minimum absolute atomic E-state index is 0.0702. The minimum Gasteiger partial charge on any atom is -0.457 e. The summed E-state index contributed by atoms with van der Waals surface area (Å²) in [6.07, 6.45) is 1.69. The molecule has 7 nitrogen and oxygen atoms in total. The fourth-order valence-electron chi connectivity index (χ4n) is 4.54. The average Bonchev–Trinajstić information content (AvgIpc) is 3.35. The Hall–Kier alpha value is -3.98. The van der Waals surface area contributed by atoms with Crippen molar-refractivity contribution in [2.45, 2.75) is 52.4 Å². The molecule has 4 aromatic rings. The molecule has 0 saturated heterocycles. The lowest BCUT2D eigenvalue weighted by Crippen LogP contribution is -2.22. The van der Waals surface area contributed by atoms with Crippen molar-refractivity contribution in [3.8, 4) is 17.2 Å². The molecule has 1 aliphatic heterocycles. The van der Waals surface area contributed by atoms with Crippen molar-refractivity contribution in [1.82, 2.24) is 14.8 Å². The monoisotopic (exact) mass is 616 g/mol. The van der Waals surface area contributed by atoms with Gasteiger partial charge in [0.05, 0.1) is 22.8 Å². The maximum atomic E-state index is 15.1. The largest absolute Gasteiger partial charge is 0.457 e. The molecule has 0 saturated carbocycles. The number of Topliss-reactive ketones (excluding diaryl/α,β-unsaturated/α-hetero) is 2. The predicted octanol–water partition coefficient (Wildman–Crippen LogP) is 6.75. The number of benzene rings is 2. The molecule has 1 aliphatic rings. The van der Waals surface area contributed by atoms with Crippen molar-refractivity contribution >= 4 is 39.0 Å². The summed E-state index contributed by atoms with van der Waals surface area (Å²) in [5.41, 5.74) is 4.68. The van der Waals surface area contributed by atoms with Crippen LogP contribution in [0.3, 0.4) is 0 Å². The molecule has 0 aliphatic carbocycles. The van der Waals surface area contributed by atoms with Crippen molar-refractivity contribution in [3.63, 3.8) is 0 Å². The number of pyridine rings is 1. The van der Waals surface area contributed by atoms with Gasteiger partial charge in [0.1, 0.15) is 23.1 Å². The highest BCUT2D eigenvalue weighted by molar-refractivity contribution is 9.09. The Morgan fingerprint density at radius 3 is 2.51 bits per heavy atom. The smallest absolute Gasteiger partial charge is 0.182 e. The lowest BCUT2D eigenvalue weighted by atomic mass is 9.92. The molecule has 0 unspecified atom stereocenters. The van der Waals surface area contributed by atoms with Crippen LogP contribution in [-0.2, 0) is 34.3 Å². The van der Waals surface area contributed by atoms with E-state index in [0.29, 0.717) is 28.2 Å². The van der Waals surface area contributed by atoms with Crippen LogP contribution in [0.25, 0.3) is 5.69 Å². The molecule has 0 bridgehead atoms. The third kappa shape index (κ3) is 6.35. The SMILES string of the molecule is Cc1ccc(-n2nc(C(C)(C)C)cc2CC(=O)Cc2ccc(Oc3ccnc4c3CC(=O)C(CBr)=N4)cc2F)cc1. The number of ether oxygens (including phenoxy) is 1. The molecular formula is C32H30BrFN4O3. The Labute approximate surface area is 246 Å². The summed E-state index contributed by atoms with van der Waals surface area (Å²) < 4.78 is 22.9. The van der Waals surface area contributed by atoms with Crippen LogP contribution in [0.2, 0.25) is 0 Å². The molecule has 210 valence electrons. The summed E-state index contributed by atoms with van der Waals surface area (Å²) >= 11 is 3.27. The zero-order valence-electron chi connectivity index (χ0n) is 23.4. The Morgan fingerprint density at radius 2 is 1.83 bits per heavy atom. The van der Waals surface area contributed by atoms with Crippen LogP contribution in [0.5, 0.6) is 11.5 Å². The number of fused-ring (bicyclic) bond motifs is 1. The zero-order chi connectivity index (χ0) is 29.3.